The number of pyridine rings is 1. The number of furan rings is 1. The number of aromatic nitrogens is 1. The van der Waals surface area contributed by atoms with Gasteiger partial charge in [0.1, 0.15) is 17.6 Å². The van der Waals surface area contributed by atoms with Crippen LogP contribution in [0.25, 0.3) is 11.3 Å². The Bertz CT molecular complexity index is 1460. The number of nitrogens with one attached hydrogen (secondary N) is 2. The van der Waals surface area contributed by atoms with Crippen LogP contribution in [-0.4, -0.2) is 50.2 Å². The zero-order valence-electron chi connectivity index (χ0n) is 20.8. The maximum absolute atomic E-state index is 11.6. The number of rotatable bonds is 10. The number of nitrogens with zero attached hydrogens (tertiary/aromatic N) is 2. The quantitative estimate of drug-likeness (QED) is 0.157. The summed E-state index contributed by atoms with van der Waals surface area (Å²) in [6.07, 6.45) is 2.53. The summed E-state index contributed by atoms with van der Waals surface area (Å²) in [4.78, 5) is 29.8. The first-order valence-electron chi connectivity index (χ1n) is 12.4. The fourth-order valence-corrected chi connectivity index (χ4v) is 5.01. The van der Waals surface area contributed by atoms with Crippen LogP contribution in [0.2, 0.25) is 0 Å². The van der Waals surface area contributed by atoms with Crippen molar-refractivity contribution in [3.8, 4) is 11.3 Å². The third kappa shape index (κ3) is 5.75. The minimum absolute atomic E-state index is 0.134. The van der Waals surface area contributed by atoms with Crippen LogP contribution in [-0.2, 0) is 0 Å². The van der Waals surface area contributed by atoms with Crippen LogP contribution >= 0.6 is 12.2 Å². The van der Waals surface area contributed by atoms with Crippen LogP contribution in [0.15, 0.2) is 89.5 Å². The van der Waals surface area contributed by atoms with E-state index in [1.54, 1.807) is 12.3 Å². The molecule has 198 valence electrons. The summed E-state index contributed by atoms with van der Waals surface area (Å²) in [6.45, 7) is 1.39. The standard InChI is InChI=1S/C29H26N4O5S/c34-27(35)19-15-18(16-20(17-19)28(36)37)23-10-11-24(38-23)26-25(22-9-4-5-12-31-22)32-29(39)33(26)14-6-13-30-21-7-2-1-3-8-21/h1-5,7-12,15-17,25-26,30H,6,13-14H2,(H,32,39)(H,34,35)(H,36,37)/t25-,26-/m0/s1. The zero-order chi connectivity index (χ0) is 27.4. The smallest absolute Gasteiger partial charge is 0.335 e. The summed E-state index contributed by atoms with van der Waals surface area (Å²) >= 11 is 5.72. The number of anilines is 1. The molecule has 5 rings (SSSR count). The molecule has 4 aromatic rings. The molecule has 0 amide bonds. The van der Waals surface area contributed by atoms with E-state index in [0.717, 1.165) is 30.4 Å². The van der Waals surface area contributed by atoms with E-state index in [1.807, 2.05) is 54.6 Å². The Hall–Kier alpha value is -4.70. The van der Waals surface area contributed by atoms with Gasteiger partial charge in [-0.2, -0.15) is 0 Å². The molecule has 2 atom stereocenters. The monoisotopic (exact) mass is 542 g/mol. The largest absolute Gasteiger partial charge is 0.478 e. The lowest BCUT2D eigenvalue weighted by atomic mass is 10.0. The first kappa shape index (κ1) is 25.9. The van der Waals surface area contributed by atoms with Crippen molar-refractivity contribution in [2.75, 3.05) is 18.4 Å². The summed E-state index contributed by atoms with van der Waals surface area (Å²) in [7, 11) is 0. The van der Waals surface area contributed by atoms with Gasteiger partial charge in [-0.3, -0.25) is 4.98 Å². The van der Waals surface area contributed by atoms with Crippen molar-refractivity contribution in [3.05, 3.63) is 108 Å². The van der Waals surface area contributed by atoms with Crippen LogP contribution in [0.4, 0.5) is 5.69 Å². The lowest BCUT2D eigenvalue weighted by Gasteiger charge is -2.26. The van der Waals surface area contributed by atoms with Gasteiger partial charge in [-0.05, 0) is 73.2 Å². The average Bonchev–Trinajstić information content (AvgIpc) is 3.56. The summed E-state index contributed by atoms with van der Waals surface area (Å²) in [5.74, 6) is -1.48. The van der Waals surface area contributed by atoms with Gasteiger partial charge in [0, 0.05) is 30.5 Å². The maximum atomic E-state index is 11.6. The number of benzene rings is 2. The zero-order valence-corrected chi connectivity index (χ0v) is 21.6. The van der Waals surface area contributed by atoms with Crippen LogP contribution < -0.4 is 10.6 Å². The summed E-state index contributed by atoms with van der Waals surface area (Å²) in [5, 5.41) is 26.3. The second-order valence-corrected chi connectivity index (χ2v) is 9.46. The van der Waals surface area contributed by atoms with Crippen molar-refractivity contribution in [3.63, 3.8) is 0 Å². The molecule has 4 N–H and O–H groups in total. The Morgan fingerprint density at radius 1 is 0.974 bits per heavy atom. The number of hydrogen-bond donors (Lipinski definition) is 4. The van der Waals surface area contributed by atoms with Crippen LogP contribution in [0.1, 0.15) is 50.7 Å². The predicted octanol–water partition coefficient (Wildman–Crippen LogP) is 5.21. The molecule has 2 aromatic heterocycles. The highest BCUT2D eigenvalue weighted by atomic mass is 32.1. The molecule has 10 heteroatoms. The van der Waals surface area contributed by atoms with Crippen LogP contribution in [0.5, 0.6) is 0 Å². The topological polar surface area (TPSA) is 128 Å². The van der Waals surface area contributed by atoms with Crippen molar-refractivity contribution in [2.45, 2.75) is 18.5 Å². The molecular formula is C29H26N4O5S. The minimum Gasteiger partial charge on any atom is -0.478 e. The molecule has 0 spiro atoms. The fraction of sp³-hybridized carbons (Fsp3) is 0.172. The number of carboxylic acids is 2. The van der Waals surface area contributed by atoms with E-state index in [2.05, 4.69) is 20.5 Å². The maximum Gasteiger partial charge on any atom is 0.335 e. The van der Waals surface area contributed by atoms with E-state index in [1.165, 1.54) is 12.1 Å². The van der Waals surface area contributed by atoms with Crippen molar-refractivity contribution in [1.29, 1.82) is 0 Å². The molecule has 0 bridgehead atoms. The predicted molar refractivity (Wildman–Crippen MR) is 150 cm³/mol. The van der Waals surface area contributed by atoms with E-state index < -0.39 is 11.9 Å². The molecule has 1 aliphatic rings. The highest BCUT2D eigenvalue weighted by Gasteiger charge is 2.41. The third-order valence-corrected chi connectivity index (χ3v) is 6.86. The van der Waals surface area contributed by atoms with Crippen molar-refractivity contribution in [2.24, 2.45) is 0 Å². The molecule has 39 heavy (non-hydrogen) atoms. The summed E-state index contributed by atoms with van der Waals surface area (Å²) in [6, 6.07) is 22.5. The number of thiocarbonyl (C=S) groups is 1. The van der Waals surface area contributed by atoms with E-state index in [9.17, 15) is 19.8 Å². The molecule has 9 nitrogen and oxygen atoms in total. The molecule has 0 radical (unpaired) electrons. The van der Waals surface area contributed by atoms with Gasteiger partial charge in [-0.25, -0.2) is 9.59 Å². The number of carbonyl (C=O) groups is 2. The van der Waals surface area contributed by atoms with Gasteiger partial charge in [0.2, 0.25) is 0 Å². The fourth-order valence-electron chi connectivity index (χ4n) is 4.68. The first-order chi connectivity index (χ1) is 18.9. The molecule has 2 aromatic carbocycles. The van der Waals surface area contributed by atoms with E-state index >= 15 is 0 Å². The first-order valence-corrected chi connectivity index (χ1v) is 12.8. The summed E-state index contributed by atoms with van der Waals surface area (Å²) in [5.41, 5.74) is 1.94. The summed E-state index contributed by atoms with van der Waals surface area (Å²) < 4.78 is 6.26. The SMILES string of the molecule is O=C(O)c1cc(C(=O)O)cc(-c2ccc([C@H]3[C@H](c4ccccn4)NC(=S)N3CCCNc3ccccc3)o2)c1. The second-order valence-electron chi connectivity index (χ2n) is 9.08. The van der Waals surface area contributed by atoms with Gasteiger partial charge < -0.3 is 30.2 Å². The molecule has 0 aliphatic carbocycles. The molecule has 0 unspecified atom stereocenters. The van der Waals surface area contributed by atoms with Gasteiger partial charge >= 0.3 is 11.9 Å². The van der Waals surface area contributed by atoms with Crippen molar-refractivity contribution in [1.82, 2.24) is 15.2 Å². The van der Waals surface area contributed by atoms with Gasteiger partial charge in [0.05, 0.1) is 22.9 Å². The van der Waals surface area contributed by atoms with Gasteiger partial charge in [0.25, 0.3) is 0 Å². The van der Waals surface area contributed by atoms with Gasteiger partial charge in [-0.15, -0.1) is 0 Å². The average molecular weight is 543 g/mol. The van der Waals surface area contributed by atoms with Crippen molar-refractivity contribution >= 4 is 35.0 Å². The molecule has 1 fully saturated rings. The van der Waals surface area contributed by atoms with E-state index in [-0.39, 0.29) is 23.2 Å². The van der Waals surface area contributed by atoms with Crippen LogP contribution in [0, 0.1) is 0 Å². The van der Waals surface area contributed by atoms with Gasteiger partial charge in [0.15, 0.2) is 5.11 Å². The Kier molecular flexibility index (Phi) is 7.55. The normalized spacial score (nSPS) is 16.6. The van der Waals surface area contributed by atoms with Gasteiger partial charge in [-0.1, -0.05) is 24.3 Å². The number of para-hydroxylation sites is 1. The lowest BCUT2D eigenvalue weighted by molar-refractivity contribution is 0.0696. The van der Waals surface area contributed by atoms with Crippen molar-refractivity contribution < 1.29 is 24.2 Å². The molecule has 1 saturated heterocycles. The van der Waals surface area contributed by atoms with E-state index in [4.69, 9.17) is 16.6 Å². The van der Waals surface area contributed by atoms with E-state index in [0.29, 0.717) is 28.7 Å². The number of hydrogen-bond acceptors (Lipinski definition) is 6. The van der Waals surface area contributed by atoms with Crippen LogP contribution in [0.3, 0.4) is 0 Å². The second kappa shape index (κ2) is 11.4. The molecule has 3 heterocycles. The lowest BCUT2D eigenvalue weighted by Crippen LogP contribution is -2.31. The number of aromatic carboxylic acids is 2. The Balaban J connectivity index is 1.43. The third-order valence-electron chi connectivity index (χ3n) is 6.51. The Morgan fingerprint density at radius 3 is 2.36 bits per heavy atom. The highest BCUT2D eigenvalue weighted by molar-refractivity contribution is 7.80. The number of carboxylic acid groups (broad SMARTS) is 2. The Morgan fingerprint density at radius 2 is 1.69 bits per heavy atom. The minimum atomic E-state index is -1.22. The molecular weight excluding hydrogens is 516 g/mol. The molecule has 1 aliphatic heterocycles. The molecule has 0 saturated carbocycles. The highest BCUT2D eigenvalue weighted by Crippen LogP contribution is 2.40. The Labute approximate surface area is 230 Å².